The van der Waals surface area contributed by atoms with Crippen LogP contribution in [0, 0.1) is 6.92 Å². The van der Waals surface area contributed by atoms with Gasteiger partial charge in [-0.1, -0.05) is 12.1 Å². The second-order valence-corrected chi connectivity index (χ2v) is 8.26. The molecule has 1 saturated heterocycles. The third-order valence-electron chi connectivity index (χ3n) is 5.36. The fraction of sp³-hybridized carbons (Fsp3) is 0.524. The number of anilines is 2. The van der Waals surface area contributed by atoms with Crippen LogP contribution in [-0.4, -0.2) is 39.9 Å². The van der Waals surface area contributed by atoms with E-state index in [1.807, 2.05) is 6.07 Å². The average molecular weight is 368 g/mol. The number of hydrogen-bond donors (Lipinski definition) is 2. The summed E-state index contributed by atoms with van der Waals surface area (Å²) >= 11 is 0. The van der Waals surface area contributed by atoms with E-state index < -0.39 is 0 Å². The smallest absolute Gasteiger partial charge is 0.225 e. The molecule has 0 bridgehead atoms. The number of fused-ring (bicyclic) bond motifs is 1. The van der Waals surface area contributed by atoms with Gasteiger partial charge in [-0.3, -0.25) is 0 Å². The van der Waals surface area contributed by atoms with Gasteiger partial charge in [0.15, 0.2) is 0 Å². The van der Waals surface area contributed by atoms with Gasteiger partial charge in [-0.15, -0.1) is 0 Å². The van der Waals surface area contributed by atoms with Crippen molar-refractivity contribution in [3.05, 3.63) is 41.6 Å². The van der Waals surface area contributed by atoms with Crippen molar-refractivity contribution in [3.63, 3.8) is 0 Å². The van der Waals surface area contributed by atoms with Gasteiger partial charge in [0.1, 0.15) is 17.2 Å². The summed E-state index contributed by atoms with van der Waals surface area (Å²) in [6, 6.07) is 8.39. The monoisotopic (exact) mass is 368 g/mol. The van der Waals surface area contributed by atoms with Crippen molar-refractivity contribution in [1.29, 1.82) is 0 Å². The lowest BCUT2D eigenvalue weighted by Crippen LogP contribution is -2.38. The molecule has 1 aromatic heterocycles. The highest BCUT2D eigenvalue weighted by Crippen LogP contribution is 2.41. The number of hydrogen-bond acceptors (Lipinski definition) is 6. The standard InChI is InChI=1S/C21H28N4O2/c1-14-4-5-16-17(13-21(2,3)27-18(16)12-14)23-20-22-9-6-19(24-20)25-10-7-15(26)8-11-25/h4-6,9,12,15,17,26H,7-8,10-11,13H2,1-3H3,(H,22,23,24). The van der Waals surface area contributed by atoms with E-state index in [0.29, 0.717) is 5.95 Å². The van der Waals surface area contributed by atoms with Crippen molar-refractivity contribution in [1.82, 2.24) is 9.97 Å². The number of piperidine rings is 1. The summed E-state index contributed by atoms with van der Waals surface area (Å²) in [4.78, 5) is 11.4. The van der Waals surface area contributed by atoms with Crippen LogP contribution in [0.2, 0.25) is 0 Å². The second-order valence-electron chi connectivity index (χ2n) is 8.26. The zero-order chi connectivity index (χ0) is 19.0. The lowest BCUT2D eigenvalue weighted by atomic mass is 9.89. The predicted molar refractivity (Wildman–Crippen MR) is 106 cm³/mol. The van der Waals surface area contributed by atoms with Gasteiger partial charge >= 0.3 is 0 Å². The van der Waals surface area contributed by atoms with Crippen molar-refractivity contribution < 1.29 is 9.84 Å². The molecule has 0 saturated carbocycles. The largest absolute Gasteiger partial charge is 0.487 e. The fourth-order valence-corrected chi connectivity index (χ4v) is 3.93. The zero-order valence-corrected chi connectivity index (χ0v) is 16.3. The van der Waals surface area contributed by atoms with E-state index >= 15 is 0 Å². The van der Waals surface area contributed by atoms with Gasteiger partial charge in [-0.05, 0) is 51.3 Å². The van der Waals surface area contributed by atoms with Crippen LogP contribution in [0.15, 0.2) is 30.5 Å². The van der Waals surface area contributed by atoms with Crippen LogP contribution in [0.1, 0.15) is 50.3 Å². The van der Waals surface area contributed by atoms with E-state index in [4.69, 9.17) is 9.72 Å². The van der Waals surface area contributed by atoms with E-state index in [0.717, 1.165) is 49.5 Å². The number of nitrogens with one attached hydrogen (secondary N) is 1. The minimum absolute atomic E-state index is 0.0998. The Morgan fingerprint density at radius 2 is 2.00 bits per heavy atom. The number of aliphatic hydroxyl groups is 1. The highest BCUT2D eigenvalue weighted by Gasteiger charge is 2.34. The van der Waals surface area contributed by atoms with Gasteiger partial charge < -0.3 is 20.1 Å². The number of benzene rings is 1. The molecule has 3 heterocycles. The van der Waals surface area contributed by atoms with Crippen LogP contribution < -0.4 is 15.0 Å². The molecule has 2 aromatic rings. The predicted octanol–water partition coefficient (Wildman–Crippen LogP) is 3.46. The fourth-order valence-electron chi connectivity index (χ4n) is 3.93. The summed E-state index contributed by atoms with van der Waals surface area (Å²) in [5.74, 6) is 2.48. The van der Waals surface area contributed by atoms with E-state index in [2.05, 4.69) is 54.2 Å². The number of ether oxygens (including phenoxy) is 1. The maximum Gasteiger partial charge on any atom is 0.225 e. The Balaban J connectivity index is 1.56. The molecule has 144 valence electrons. The third-order valence-corrected chi connectivity index (χ3v) is 5.36. The zero-order valence-electron chi connectivity index (χ0n) is 16.3. The summed E-state index contributed by atoms with van der Waals surface area (Å²) in [7, 11) is 0. The molecule has 4 rings (SSSR count). The summed E-state index contributed by atoms with van der Waals surface area (Å²) in [6.07, 6.45) is 4.02. The van der Waals surface area contributed by atoms with Gasteiger partial charge in [-0.2, -0.15) is 4.98 Å². The van der Waals surface area contributed by atoms with E-state index in [1.165, 1.54) is 5.56 Å². The van der Waals surface area contributed by atoms with E-state index in [-0.39, 0.29) is 17.7 Å². The van der Waals surface area contributed by atoms with Crippen LogP contribution in [0.5, 0.6) is 5.75 Å². The molecular formula is C21H28N4O2. The number of aryl methyl sites for hydroxylation is 1. The first-order valence-corrected chi connectivity index (χ1v) is 9.72. The highest BCUT2D eigenvalue weighted by molar-refractivity contribution is 5.48. The van der Waals surface area contributed by atoms with Crippen molar-refractivity contribution >= 4 is 11.8 Å². The average Bonchev–Trinajstić information content (AvgIpc) is 2.61. The van der Waals surface area contributed by atoms with Gasteiger partial charge in [0.2, 0.25) is 5.95 Å². The molecule has 2 aliphatic heterocycles. The van der Waals surface area contributed by atoms with Crippen LogP contribution in [0.25, 0.3) is 0 Å². The van der Waals surface area contributed by atoms with Crippen LogP contribution in [0.4, 0.5) is 11.8 Å². The quantitative estimate of drug-likeness (QED) is 0.865. The van der Waals surface area contributed by atoms with Crippen molar-refractivity contribution in [2.24, 2.45) is 0 Å². The molecule has 0 amide bonds. The first-order valence-electron chi connectivity index (χ1n) is 9.72. The van der Waals surface area contributed by atoms with E-state index in [1.54, 1.807) is 6.20 Å². The highest BCUT2D eigenvalue weighted by atomic mass is 16.5. The van der Waals surface area contributed by atoms with Crippen molar-refractivity contribution in [3.8, 4) is 5.75 Å². The number of nitrogens with zero attached hydrogens (tertiary/aromatic N) is 3. The molecule has 2 N–H and O–H groups in total. The molecule has 2 aliphatic rings. The Labute approximate surface area is 160 Å². The van der Waals surface area contributed by atoms with Gasteiger partial charge in [0.05, 0.1) is 12.1 Å². The van der Waals surface area contributed by atoms with Crippen molar-refractivity contribution in [2.45, 2.75) is 57.8 Å². The Morgan fingerprint density at radius 1 is 1.22 bits per heavy atom. The second kappa shape index (κ2) is 7.00. The molecule has 6 nitrogen and oxygen atoms in total. The van der Waals surface area contributed by atoms with Crippen LogP contribution in [-0.2, 0) is 0 Å². The number of rotatable bonds is 3. The summed E-state index contributed by atoms with van der Waals surface area (Å²) in [5.41, 5.74) is 2.09. The Bertz CT molecular complexity index is 816. The van der Waals surface area contributed by atoms with Gasteiger partial charge in [0.25, 0.3) is 0 Å². The first kappa shape index (κ1) is 18.0. The normalized spacial score (nSPS) is 22.1. The molecule has 0 aliphatic carbocycles. The van der Waals surface area contributed by atoms with Crippen molar-refractivity contribution in [2.75, 3.05) is 23.3 Å². The lowest BCUT2D eigenvalue weighted by molar-refractivity contribution is 0.0757. The molecule has 0 radical (unpaired) electrons. The molecule has 27 heavy (non-hydrogen) atoms. The van der Waals surface area contributed by atoms with Gasteiger partial charge in [0, 0.05) is 31.3 Å². The minimum Gasteiger partial charge on any atom is -0.487 e. The lowest BCUT2D eigenvalue weighted by Gasteiger charge is -2.38. The molecule has 1 fully saturated rings. The molecule has 1 atom stereocenters. The van der Waals surface area contributed by atoms with Crippen LogP contribution in [0.3, 0.4) is 0 Å². The topological polar surface area (TPSA) is 70.5 Å². The first-order chi connectivity index (χ1) is 12.9. The molecule has 1 unspecified atom stereocenters. The molecular weight excluding hydrogens is 340 g/mol. The molecule has 0 spiro atoms. The van der Waals surface area contributed by atoms with Crippen LogP contribution >= 0.6 is 0 Å². The van der Waals surface area contributed by atoms with E-state index in [9.17, 15) is 5.11 Å². The maximum atomic E-state index is 9.72. The SMILES string of the molecule is Cc1ccc2c(c1)OC(C)(C)CC2Nc1nccc(N2CCC(O)CC2)n1. The third kappa shape index (κ3) is 4.00. The number of aromatic nitrogens is 2. The summed E-state index contributed by atoms with van der Waals surface area (Å²) in [5, 5.41) is 13.2. The molecule has 6 heteroatoms. The molecule has 1 aromatic carbocycles. The number of aliphatic hydroxyl groups excluding tert-OH is 1. The minimum atomic E-state index is -0.251. The Hall–Kier alpha value is -2.34. The Morgan fingerprint density at radius 3 is 2.78 bits per heavy atom. The maximum absolute atomic E-state index is 9.72. The summed E-state index contributed by atoms with van der Waals surface area (Å²) in [6.45, 7) is 7.95. The van der Waals surface area contributed by atoms with Gasteiger partial charge in [-0.25, -0.2) is 4.98 Å². The Kier molecular flexibility index (Phi) is 4.68. The summed E-state index contributed by atoms with van der Waals surface area (Å²) < 4.78 is 6.18.